The number of nitrogens with zero attached hydrogens (tertiary/aromatic N) is 1. The molecule has 2 nitrogen and oxygen atoms in total. The van der Waals surface area contributed by atoms with Crippen LogP contribution < -0.4 is 0 Å². The van der Waals surface area contributed by atoms with Crippen molar-refractivity contribution < 1.29 is 4.79 Å². The van der Waals surface area contributed by atoms with E-state index in [4.69, 9.17) is 0 Å². The fourth-order valence-corrected chi connectivity index (χ4v) is 2.74. The van der Waals surface area contributed by atoms with Crippen LogP contribution in [0.4, 0.5) is 0 Å². The molecule has 0 amide bonds. The first-order valence-corrected chi connectivity index (χ1v) is 7.24. The minimum absolute atomic E-state index is 0. The quantitative estimate of drug-likeness (QED) is 0.445. The van der Waals surface area contributed by atoms with Crippen molar-refractivity contribution in [3.05, 3.63) is 78.1 Å². The summed E-state index contributed by atoms with van der Waals surface area (Å²) < 4.78 is 0. The lowest BCUT2D eigenvalue weighted by atomic mass is 10.0. The number of alkyl halides is 1. The highest BCUT2D eigenvalue weighted by Crippen LogP contribution is 2.27. The fourth-order valence-electron chi connectivity index (χ4n) is 2.17. The Labute approximate surface area is 142 Å². The van der Waals surface area contributed by atoms with Gasteiger partial charge in [-0.05, 0) is 34.5 Å². The molecule has 3 aromatic rings. The second-order valence-electron chi connectivity index (χ2n) is 4.57. The van der Waals surface area contributed by atoms with E-state index in [1.54, 1.807) is 12.4 Å². The van der Waals surface area contributed by atoms with Crippen molar-refractivity contribution in [2.24, 2.45) is 0 Å². The van der Waals surface area contributed by atoms with Crippen LogP contribution >= 0.6 is 32.9 Å². The van der Waals surface area contributed by atoms with Crippen LogP contribution in [0.1, 0.15) is 20.7 Å². The summed E-state index contributed by atoms with van der Waals surface area (Å²) >= 11 is 3.47. The van der Waals surface area contributed by atoms with Gasteiger partial charge >= 0.3 is 0 Å². The summed E-state index contributed by atoms with van der Waals surface area (Å²) in [5.74, 6) is 0.0574. The highest BCUT2D eigenvalue weighted by Gasteiger charge is 2.18. The molecule has 106 valence electrons. The number of hydrogen-bond donors (Lipinski definition) is 0. The Bertz CT molecular complexity index is 759. The summed E-state index contributed by atoms with van der Waals surface area (Å²) in [5.41, 5.74) is 1.63. The first-order valence-electron chi connectivity index (χ1n) is 6.33. The highest BCUT2D eigenvalue weighted by atomic mass is 79.9. The highest BCUT2D eigenvalue weighted by molar-refractivity contribution is 9.09. The van der Waals surface area contributed by atoms with E-state index in [-0.39, 0.29) is 27.6 Å². The Kier molecular flexibility index (Phi) is 5.26. The van der Waals surface area contributed by atoms with Crippen molar-refractivity contribution in [3.8, 4) is 0 Å². The molecule has 1 heterocycles. The standard InChI is InChI=1S/C17H12BrNO.BrH/c18-16(13-7-9-19-10-8-13)17(20)15-6-5-12-3-1-2-4-14(12)11-15;/h1-11,16H;1H. The van der Waals surface area contributed by atoms with Crippen molar-refractivity contribution in [3.63, 3.8) is 0 Å². The monoisotopic (exact) mass is 405 g/mol. The number of Topliss-reactive ketones (excluding diaryl/α,β-unsaturated/α-hetero) is 1. The molecule has 0 aliphatic heterocycles. The lowest BCUT2D eigenvalue weighted by Gasteiger charge is -2.09. The average molecular weight is 407 g/mol. The molecule has 0 aliphatic carbocycles. The zero-order valence-corrected chi connectivity index (χ0v) is 14.4. The van der Waals surface area contributed by atoms with Crippen LogP contribution in [0.15, 0.2) is 67.0 Å². The van der Waals surface area contributed by atoms with Crippen LogP contribution in [0, 0.1) is 0 Å². The largest absolute Gasteiger partial charge is 0.293 e. The minimum Gasteiger partial charge on any atom is -0.293 e. The van der Waals surface area contributed by atoms with Crippen molar-refractivity contribution in [1.82, 2.24) is 4.98 Å². The lowest BCUT2D eigenvalue weighted by molar-refractivity contribution is 0.0991. The van der Waals surface area contributed by atoms with Crippen LogP contribution in [0.25, 0.3) is 10.8 Å². The molecule has 0 radical (unpaired) electrons. The number of fused-ring (bicyclic) bond motifs is 1. The van der Waals surface area contributed by atoms with E-state index in [2.05, 4.69) is 20.9 Å². The van der Waals surface area contributed by atoms with Gasteiger partial charge in [0.15, 0.2) is 5.78 Å². The van der Waals surface area contributed by atoms with E-state index in [0.717, 1.165) is 16.3 Å². The van der Waals surface area contributed by atoms with Gasteiger partial charge in [-0.15, -0.1) is 17.0 Å². The molecule has 0 bridgehead atoms. The number of pyridine rings is 1. The van der Waals surface area contributed by atoms with Gasteiger partial charge in [-0.2, -0.15) is 0 Å². The zero-order chi connectivity index (χ0) is 13.9. The maximum atomic E-state index is 12.5. The minimum atomic E-state index is -0.341. The Hall–Kier alpha value is -1.52. The van der Waals surface area contributed by atoms with Gasteiger partial charge < -0.3 is 0 Å². The van der Waals surface area contributed by atoms with E-state index in [1.807, 2.05) is 54.6 Å². The molecule has 2 aromatic carbocycles. The molecule has 1 aromatic heterocycles. The van der Waals surface area contributed by atoms with Gasteiger partial charge in [0.05, 0.1) is 0 Å². The molecular formula is C17H13Br2NO. The molecule has 3 rings (SSSR count). The summed E-state index contributed by atoms with van der Waals surface area (Å²) in [6.07, 6.45) is 3.38. The van der Waals surface area contributed by atoms with Gasteiger partial charge in [0.2, 0.25) is 0 Å². The number of rotatable bonds is 3. The maximum Gasteiger partial charge on any atom is 0.180 e. The van der Waals surface area contributed by atoms with Gasteiger partial charge in [-0.1, -0.05) is 52.3 Å². The van der Waals surface area contributed by atoms with Gasteiger partial charge in [-0.25, -0.2) is 0 Å². The molecule has 0 spiro atoms. The molecule has 21 heavy (non-hydrogen) atoms. The summed E-state index contributed by atoms with van der Waals surface area (Å²) in [5, 5.41) is 2.21. The third kappa shape index (κ3) is 3.39. The normalized spacial score (nSPS) is 11.7. The van der Waals surface area contributed by atoms with Crippen LogP contribution in [0.5, 0.6) is 0 Å². The molecule has 0 saturated heterocycles. The molecule has 1 unspecified atom stereocenters. The SMILES string of the molecule is Br.O=C(c1ccc2ccccc2c1)C(Br)c1ccncc1. The molecule has 0 aliphatic rings. The predicted molar refractivity (Wildman–Crippen MR) is 94.5 cm³/mol. The summed E-state index contributed by atoms with van der Waals surface area (Å²) in [7, 11) is 0. The summed E-state index contributed by atoms with van der Waals surface area (Å²) in [6.45, 7) is 0. The van der Waals surface area contributed by atoms with Crippen molar-refractivity contribution in [1.29, 1.82) is 0 Å². The number of halogens is 2. The Morgan fingerprint density at radius 2 is 1.62 bits per heavy atom. The van der Waals surface area contributed by atoms with Crippen LogP contribution in [0.3, 0.4) is 0 Å². The number of carbonyl (C=O) groups excluding carboxylic acids is 1. The Balaban J connectivity index is 0.00000161. The Morgan fingerprint density at radius 1 is 0.952 bits per heavy atom. The zero-order valence-electron chi connectivity index (χ0n) is 11.1. The summed E-state index contributed by atoms with van der Waals surface area (Å²) in [6, 6.07) is 17.5. The number of aromatic nitrogens is 1. The second-order valence-corrected chi connectivity index (χ2v) is 5.48. The van der Waals surface area contributed by atoms with Gasteiger partial charge in [0.25, 0.3) is 0 Å². The number of hydrogen-bond acceptors (Lipinski definition) is 2. The molecule has 4 heteroatoms. The van der Waals surface area contributed by atoms with E-state index in [0.29, 0.717) is 5.56 Å². The Morgan fingerprint density at radius 3 is 2.33 bits per heavy atom. The van der Waals surface area contributed by atoms with E-state index in [9.17, 15) is 4.79 Å². The molecule has 0 saturated carbocycles. The third-order valence-corrected chi connectivity index (χ3v) is 4.21. The van der Waals surface area contributed by atoms with E-state index < -0.39 is 0 Å². The number of benzene rings is 2. The molecular weight excluding hydrogens is 394 g/mol. The summed E-state index contributed by atoms with van der Waals surface area (Å²) in [4.78, 5) is 16.1. The van der Waals surface area contributed by atoms with E-state index in [1.165, 1.54) is 0 Å². The van der Waals surface area contributed by atoms with Crippen LogP contribution in [0.2, 0.25) is 0 Å². The van der Waals surface area contributed by atoms with Crippen molar-refractivity contribution >= 4 is 49.5 Å². The van der Waals surface area contributed by atoms with Crippen LogP contribution in [-0.4, -0.2) is 10.8 Å². The number of ketones is 1. The molecule has 0 N–H and O–H groups in total. The fraction of sp³-hybridized carbons (Fsp3) is 0.0588. The van der Waals surface area contributed by atoms with Gasteiger partial charge in [0.1, 0.15) is 4.83 Å². The van der Waals surface area contributed by atoms with E-state index >= 15 is 0 Å². The smallest absolute Gasteiger partial charge is 0.180 e. The third-order valence-electron chi connectivity index (χ3n) is 3.26. The topological polar surface area (TPSA) is 30.0 Å². The molecule has 1 atom stereocenters. The number of carbonyl (C=O) groups is 1. The van der Waals surface area contributed by atoms with Crippen molar-refractivity contribution in [2.75, 3.05) is 0 Å². The maximum absolute atomic E-state index is 12.5. The first kappa shape index (κ1) is 15.9. The predicted octanol–water partition coefficient (Wildman–Crippen LogP) is 5.13. The first-order chi connectivity index (χ1) is 9.75. The van der Waals surface area contributed by atoms with Gasteiger partial charge in [-0.3, -0.25) is 9.78 Å². The van der Waals surface area contributed by atoms with Crippen LogP contribution in [-0.2, 0) is 0 Å². The van der Waals surface area contributed by atoms with Gasteiger partial charge in [0, 0.05) is 18.0 Å². The molecule has 0 fully saturated rings. The van der Waals surface area contributed by atoms with Crippen molar-refractivity contribution in [2.45, 2.75) is 4.83 Å². The average Bonchev–Trinajstić information content (AvgIpc) is 2.54. The second kappa shape index (κ2) is 6.96. The lowest BCUT2D eigenvalue weighted by Crippen LogP contribution is -2.07.